The van der Waals surface area contributed by atoms with Gasteiger partial charge in [0.15, 0.2) is 23.0 Å². The van der Waals surface area contributed by atoms with Gasteiger partial charge < -0.3 is 43.3 Å². The molecule has 5 aromatic rings. The van der Waals surface area contributed by atoms with E-state index < -0.39 is 0 Å². The zero-order chi connectivity index (χ0) is 35.3. The summed E-state index contributed by atoms with van der Waals surface area (Å²) in [4.78, 5) is 8.00. The van der Waals surface area contributed by atoms with Crippen molar-refractivity contribution in [3.63, 3.8) is 0 Å². The Morgan fingerprint density at radius 2 is 1.51 bits per heavy atom. The maximum absolute atomic E-state index is 8.00. The molecule has 2 unspecified atom stereocenters. The van der Waals surface area contributed by atoms with Crippen LogP contribution in [0.2, 0.25) is 0 Å². The summed E-state index contributed by atoms with van der Waals surface area (Å²) in [5.41, 5.74) is 6.06. The van der Waals surface area contributed by atoms with E-state index >= 15 is 0 Å². The van der Waals surface area contributed by atoms with Gasteiger partial charge in [-0.3, -0.25) is 3.96 Å². The van der Waals surface area contributed by atoms with E-state index in [-0.39, 0.29) is 6.04 Å². The molecule has 1 N–H and O–H groups in total. The molecule has 7 rings (SSSR count). The van der Waals surface area contributed by atoms with Crippen LogP contribution < -0.4 is 33.7 Å². The molecule has 1 aliphatic carbocycles. The van der Waals surface area contributed by atoms with Crippen molar-refractivity contribution in [3.8, 4) is 40.2 Å². The quantitative estimate of drug-likeness (QED) is 0.164. The number of hydrogen-bond donors (Lipinski definition) is 1. The van der Waals surface area contributed by atoms with Crippen molar-refractivity contribution in [2.75, 3.05) is 54.3 Å². The van der Waals surface area contributed by atoms with Crippen LogP contribution in [-0.2, 0) is 16.0 Å². The van der Waals surface area contributed by atoms with E-state index in [4.69, 9.17) is 38.0 Å². The monoisotopic (exact) mass is 690 g/mol. The van der Waals surface area contributed by atoms with Gasteiger partial charge in [-0.05, 0) is 84.6 Å². The topological polar surface area (TPSA) is 98.6 Å². The summed E-state index contributed by atoms with van der Waals surface area (Å²) < 4.78 is 40.9. The standard InChI is InChI=1S/C26H26N2O4S.C9H12O3.C2H6.CH2O/c1-29-14-17-4-3-16-11-23-24(32-15-31-23)13-21(16)26(17)27-18-5-7-19(8-6-18)28-22-10-9-20(30-2)12-25(22)33-28;1-10-7-5-4-6-8(11-2)9(7)12-3;2*1-2/h5-13,17,26-27H,3-4,14-15H2,1-2H3;4-6H,1-3H3;1-2H3;1H2. The largest absolute Gasteiger partial charge is 0.497 e. The van der Waals surface area contributed by atoms with Crippen molar-refractivity contribution in [2.45, 2.75) is 32.7 Å². The lowest BCUT2D eigenvalue weighted by Crippen LogP contribution is -2.29. The van der Waals surface area contributed by atoms with Crippen LogP contribution in [0.5, 0.6) is 34.5 Å². The normalized spacial score (nSPS) is 15.2. The molecule has 49 heavy (non-hydrogen) atoms. The number of benzene rings is 4. The molecule has 2 atom stereocenters. The minimum atomic E-state index is 0.153. The number of hydrogen-bond acceptors (Lipinski definition) is 10. The number of fused-ring (bicyclic) bond motifs is 3. The molecule has 11 heteroatoms. The first-order valence-corrected chi connectivity index (χ1v) is 16.8. The van der Waals surface area contributed by atoms with Gasteiger partial charge in [0.2, 0.25) is 12.5 Å². The van der Waals surface area contributed by atoms with Crippen LogP contribution in [0.25, 0.3) is 15.9 Å². The zero-order valence-electron chi connectivity index (χ0n) is 29.2. The molecule has 0 amide bonds. The number of carbonyl (C=O) groups excluding carboxylic acids is 1. The number of carbonyl (C=O) groups is 1. The van der Waals surface area contributed by atoms with Gasteiger partial charge in [-0.15, -0.1) is 0 Å². The number of nitrogens with one attached hydrogen (secondary N) is 1. The van der Waals surface area contributed by atoms with Gasteiger partial charge in [-0.1, -0.05) is 31.4 Å². The highest BCUT2D eigenvalue weighted by Crippen LogP contribution is 2.44. The molecular weight excluding hydrogens is 644 g/mol. The van der Waals surface area contributed by atoms with E-state index in [9.17, 15) is 0 Å². The first kappa shape index (κ1) is 37.0. The third-order valence-electron chi connectivity index (χ3n) is 8.19. The Balaban J connectivity index is 0.000000285. The third kappa shape index (κ3) is 8.23. The van der Waals surface area contributed by atoms with Crippen LogP contribution in [-0.4, -0.2) is 59.7 Å². The Kier molecular flexibility index (Phi) is 13.6. The van der Waals surface area contributed by atoms with Gasteiger partial charge in [0.25, 0.3) is 0 Å². The lowest BCUT2D eigenvalue weighted by atomic mass is 9.79. The molecular formula is C38H46N2O8S. The predicted molar refractivity (Wildman–Crippen MR) is 195 cm³/mol. The number of nitrogens with zero attached hydrogens (tertiary/aromatic N) is 1. The van der Waals surface area contributed by atoms with E-state index in [2.05, 4.69) is 57.8 Å². The molecule has 4 aromatic carbocycles. The number of aryl methyl sites for hydroxylation is 1. The number of rotatable bonds is 9. The fraction of sp³-hybridized carbons (Fsp3) is 0.342. The molecule has 0 saturated heterocycles. The number of para-hydroxylation sites is 1. The predicted octanol–water partition coefficient (Wildman–Crippen LogP) is 8.35. The van der Waals surface area contributed by atoms with Crippen LogP contribution in [0.15, 0.2) is 72.8 Å². The molecule has 262 valence electrons. The molecule has 2 aliphatic rings. The lowest BCUT2D eigenvalue weighted by Gasteiger charge is -2.35. The maximum Gasteiger partial charge on any atom is 0.231 e. The second-order valence-corrected chi connectivity index (χ2v) is 11.7. The number of anilines is 1. The minimum absolute atomic E-state index is 0.153. The highest BCUT2D eigenvalue weighted by Gasteiger charge is 2.32. The van der Waals surface area contributed by atoms with Crippen LogP contribution in [0, 0.1) is 5.92 Å². The van der Waals surface area contributed by atoms with Crippen molar-refractivity contribution in [1.82, 2.24) is 3.96 Å². The summed E-state index contributed by atoms with van der Waals surface area (Å²) in [5, 5.41) is 3.78. The summed E-state index contributed by atoms with van der Waals surface area (Å²) in [7, 11) is 8.25. The highest BCUT2D eigenvalue weighted by molar-refractivity contribution is 7.16. The van der Waals surface area contributed by atoms with Crippen molar-refractivity contribution >= 4 is 34.2 Å². The molecule has 0 fully saturated rings. The van der Waals surface area contributed by atoms with Gasteiger partial charge in [0.1, 0.15) is 12.5 Å². The van der Waals surface area contributed by atoms with Gasteiger partial charge >= 0.3 is 0 Å². The van der Waals surface area contributed by atoms with E-state index in [1.54, 1.807) is 47.1 Å². The number of ether oxygens (including phenoxy) is 7. The van der Waals surface area contributed by atoms with E-state index in [0.29, 0.717) is 36.6 Å². The summed E-state index contributed by atoms with van der Waals surface area (Å²) in [5.74, 6) is 4.94. The van der Waals surface area contributed by atoms with Crippen LogP contribution in [0.3, 0.4) is 0 Å². The molecule has 0 saturated carbocycles. The smallest absolute Gasteiger partial charge is 0.231 e. The molecule has 1 aromatic heterocycles. The van der Waals surface area contributed by atoms with E-state index in [1.165, 1.54) is 21.3 Å². The number of aromatic nitrogens is 1. The Labute approximate surface area is 292 Å². The maximum atomic E-state index is 8.00. The Hall–Kier alpha value is -4.87. The second kappa shape index (κ2) is 18.0. The molecule has 0 radical (unpaired) electrons. The lowest BCUT2D eigenvalue weighted by molar-refractivity contribution is -0.0980. The molecule has 0 bridgehead atoms. The summed E-state index contributed by atoms with van der Waals surface area (Å²) in [6.07, 6.45) is 2.09. The van der Waals surface area contributed by atoms with Gasteiger partial charge in [-0.2, -0.15) is 0 Å². The first-order valence-electron chi connectivity index (χ1n) is 16.0. The van der Waals surface area contributed by atoms with E-state index in [0.717, 1.165) is 41.5 Å². The van der Waals surface area contributed by atoms with Crippen molar-refractivity contribution < 1.29 is 38.0 Å². The number of methoxy groups -OCH3 is 5. The van der Waals surface area contributed by atoms with Crippen LogP contribution in [0.4, 0.5) is 5.69 Å². The van der Waals surface area contributed by atoms with Crippen molar-refractivity contribution in [1.29, 1.82) is 0 Å². The fourth-order valence-electron chi connectivity index (χ4n) is 5.91. The van der Waals surface area contributed by atoms with Crippen molar-refractivity contribution in [3.05, 3.63) is 83.9 Å². The SMILES string of the molecule is C=O.CC.COCC1CCc2cc3c(cc2C1Nc1ccc(-n2sc4cc(OC)ccc42)cc1)OCO3.COc1cccc(OC)c1OC. The van der Waals surface area contributed by atoms with Gasteiger partial charge in [0.05, 0.1) is 57.0 Å². The Morgan fingerprint density at radius 1 is 0.837 bits per heavy atom. The molecule has 10 nitrogen and oxygen atoms in total. The second-order valence-electron chi connectivity index (χ2n) is 10.7. The summed E-state index contributed by atoms with van der Waals surface area (Å²) in [6, 6.07) is 24.8. The molecule has 0 spiro atoms. The minimum Gasteiger partial charge on any atom is -0.497 e. The van der Waals surface area contributed by atoms with Crippen LogP contribution in [0.1, 0.15) is 37.4 Å². The van der Waals surface area contributed by atoms with Gasteiger partial charge in [0, 0.05) is 24.8 Å². The van der Waals surface area contributed by atoms with Gasteiger partial charge in [-0.25, -0.2) is 0 Å². The zero-order valence-corrected chi connectivity index (χ0v) is 30.1. The van der Waals surface area contributed by atoms with Crippen LogP contribution >= 0.6 is 11.5 Å². The summed E-state index contributed by atoms with van der Waals surface area (Å²) >= 11 is 1.72. The highest BCUT2D eigenvalue weighted by atomic mass is 32.1. The summed E-state index contributed by atoms with van der Waals surface area (Å²) in [6.45, 7) is 7.01. The fourth-order valence-corrected chi connectivity index (χ4v) is 6.88. The molecule has 2 heterocycles. The average Bonchev–Trinajstić information content (AvgIpc) is 3.62. The average molecular weight is 691 g/mol. The Morgan fingerprint density at radius 3 is 2.10 bits per heavy atom. The van der Waals surface area contributed by atoms with Crippen molar-refractivity contribution in [2.24, 2.45) is 5.92 Å². The third-order valence-corrected chi connectivity index (χ3v) is 9.31. The first-order chi connectivity index (χ1) is 24.1. The van der Waals surface area contributed by atoms with E-state index in [1.807, 2.05) is 44.9 Å². The molecule has 1 aliphatic heterocycles. The Bertz CT molecular complexity index is 1750.